The highest BCUT2D eigenvalue weighted by molar-refractivity contribution is 6.10. The Bertz CT molecular complexity index is 500. The molecular formula is C14H14O3. The van der Waals surface area contributed by atoms with Crippen LogP contribution in [0.3, 0.4) is 0 Å². The van der Waals surface area contributed by atoms with Crippen LogP contribution in [0.5, 0.6) is 5.75 Å². The van der Waals surface area contributed by atoms with Crippen molar-refractivity contribution in [1.82, 2.24) is 0 Å². The highest BCUT2D eigenvalue weighted by Crippen LogP contribution is 2.30. The molecule has 1 unspecified atom stereocenters. The molecule has 0 spiro atoms. The number of hydrogen-bond acceptors (Lipinski definition) is 3. The van der Waals surface area contributed by atoms with Crippen LogP contribution in [0.25, 0.3) is 5.57 Å². The van der Waals surface area contributed by atoms with E-state index in [2.05, 4.69) is 0 Å². The first kappa shape index (κ1) is 11.6. The van der Waals surface area contributed by atoms with Crippen LogP contribution in [-0.2, 0) is 9.59 Å². The van der Waals surface area contributed by atoms with Crippen LogP contribution in [0.15, 0.2) is 30.3 Å². The molecule has 0 saturated heterocycles. The molecule has 1 aliphatic carbocycles. The van der Waals surface area contributed by atoms with E-state index in [0.29, 0.717) is 12.8 Å². The quantitative estimate of drug-likeness (QED) is 0.793. The maximum atomic E-state index is 11.7. The van der Waals surface area contributed by atoms with Crippen molar-refractivity contribution in [1.29, 1.82) is 0 Å². The minimum absolute atomic E-state index is 0.0683. The predicted octanol–water partition coefficient (Wildman–Crippen LogP) is 2.34. The van der Waals surface area contributed by atoms with Gasteiger partial charge in [-0.05, 0) is 49.1 Å². The fourth-order valence-electron chi connectivity index (χ4n) is 2.12. The fourth-order valence-corrected chi connectivity index (χ4v) is 2.12. The van der Waals surface area contributed by atoms with E-state index in [1.54, 1.807) is 18.2 Å². The van der Waals surface area contributed by atoms with E-state index in [4.69, 9.17) is 0 Å². The first-order chi connectivity index (χ1) is 8.08. The van der Waals surface area contributed by atoms with Gasteiger partial charge in [-0.25, -0.2) is 0 Å². The van der Waals surface area contributed by atoms with Gasteiger partial charge in [0.1, 0.15) is 11.5 Å². The lowest BCUT2D eigenvalue weighted by Gasteiger charge is -2.18. The Morgan fingerprint density at radius 1 is 1.41 bits per heavy atom. The molecule has 0 heterocycles. The molecule has 1 aromatic rings. The third kappa shape index (κ3) is 2.44. The predicted molar refractivity (Wildman–Crippen MR) is 64.5 cm³/mol. The lowest BCUT2D eigenvalue weighted by Crippen LogP contribution is -2.23. The maximum absolute atomic E-state index is 11.7. The zero-order chi connectivity index (χ0) is 12.4. The molecule has 1 aliphatic rings. The molecule has 1 aromatic carbocycles. The molecule has 2 rings (SSSR count). The average molecular weight is 230 g/mol. The van der Waals surface area contributed by atoms with Gasteiger partial charge in [0.2, 0.25) is 0 Å². The molecule has 0 bridgehead atoms. The summed E-state index contributed by atoms with van der Waals surface area (Å²) in [6.45, 7) is 1.45. The van der Waals surface area contributed by atoms with Gasteiger partial charge in [-0.2, -0.15) is 0 Å². The van der Waals surface area contributed by atoms with Crippen LogP contribution in [-0.4, -0.2) is 16.7 Å². The highest BCUT2D eigenvalue weighted by atomic mass is 16.3. The molecule has 3 heteroatoms. The van der Waals surface area contributed by atoms with Gasteiger partial charge in [0.05, 0.1) is 5.92 Å². The number of aromatic hydroxyl groups is 1. The number of phenolic OH excluding ortho intramolecular Hbond substituents is 1. The van der Waals surface area contributed by atoms with E-state index in [0.717, 1.165) is 11.1 Å². The molecular weight excluding hydrogens is 216 g/mol. The van der Waals surface area contributed by atoms with Crippen LogP contribution in [0.4, 0.5) is 0 Å². The number of ketones is 2. The monoisotopic (exact) mass is 230 g/mol. The Balaban J connectivity index is 2.28. The van der Waals surface area contributed by atoms with Crippen molar-refractivity contribution in [3.8, 4) is 5.75 Å². The zero-order valence-electron chi connectivity index (χ0n) is 9.64. The van der Waals surface area contributed by atoms with Gasteiger partial charge in [0, 0.05) is 0 Å². The van der Waals surface area contributed by atoms with Crippen molar-refractivity contribution in [2.75, 3.05) is 0 Å². The Labute approximate surface area is 99.8 Å². The number of carbonyl (C=O) groups excluding carboxylic acids is 2. The molecule has 0 aliphatic heterocycles. The van der Waals surface area contributed by atoms with Gasteiger partial charge < -0.3 is 5.11 Å². The topological polar surface area (TPSA) is 54.4 Å². The van der Waals surface area contributed by atoms with Gasteiger partial charge in [0.15, 0.2) is 5.78 Å². The molecule has 0 aromatic heterocycles. The SMILES string of the molecule is CC(=O)C1CCC(c2cccc(O)c2)=CC1=O. The molecule has 0 radical (unpaired) electrons. The Morgan fingerprint density at radius 3 is 2.76 bits per heavy atom. The van der Waals surface area contributed by atoms with Crippen LogP contribution < -0.4 is 0 Å². The summed E-state index contributed by atoms with van der Waals surface area (Å²) in [5, 5.41) is 9.38. The van der Waals surface area contributed by atoms with Gasteiger partial charge in [-0.15, -0.1) is 0 Å². The van der Waals surface area contributed by atoms with Crippen molar-refractivity contribution in [2.24, 2.45) is 5.92 Å². The first-order valence-electron chi connectivity index (χ1n) is 5.62. The summed E-state index contributed by atoms with van der Waals surface area (Å²) in [4.78, 5) is 23.0. The third-order valence-electron chi connectivity index (χ3n) is 3.07. The normalized spacial score (nSPS) is 19.9. The van der Waals surface area contributed by atoms with E-state index >= 15 is 0 Å². The van der Waals surface area contributed by atoms with Crippen molar-refractivity contribution in [2.45, 2.75) is 19.8 Å². The summed E-state index contributed by atoms with van der Waals surface area (Å²) in [5.41, 5.74) is 1.74. The van der Waals surface area contributed by atoms with E-state index in [1.807, 2.05) is 6.07 Å². The second kappa shape index (κ2) is 4.53. The smallest absolute Gasteiger partial charge is 0.166 e. The fraction of sp³-hybridized carbons (Fsp3) is 0.286. The van der Waals surface area contributed by atoms with Crippen LogP contribution in [0, 0.1) is 5.92 Å². The number of carbonyl (C=O) groups is 2. The van der Waals surface area contributed by atoms with Crippen molar-refractivity contribution >= 4 is 17.1 Å². The molecule has 1 N–H and O–H groups in total. The van der Waals surface area contributed by atoms with Gasteiger partial charge in [0.25, 0.3) is 0 Å². The Morgan fingerprint density at radius 2 is 2.18 bits per heavy atom. The third-order valence-corrected chi connectivity index (χ3v) is 3.07. The standard InChI is InChI=1S/C14H14O3/c1-9(15)13-6-5-11(8-14(13)17)10-3-2-4-12(16)7-10/h2-4,7-8,13,16H,5-6H2,1H3. The van der Waals surface area contributed by atoms with Crippen LogP contribution in [0.2, 0.25) is 0 Å². The summed E-state index contributed by atoms with van der Waals surface area (Å²) in [7, 11) is 0. The molecule has 88 valence electrons. The number of phenols is 1. The van der Waals surface area contributed by atoms with Gasteiger partial charge >= 0.3 is 0 Å². The second-order valence-electron chi connectivity index (χ2n) is 4.32. The second-order valence-corrected chi connectivity index (χ2v) is 4.32. The molecule has 3 nitrogen and oxygen atoms in total. The Hall–Kier alpha value is -1.90. The number of Topliss-reactive ketones (excluding diaryl/α,β-unsaturated/α-hetero) is 1. The molecule has 0 fully saturated rings. The molecule has 0 saturated carbocycles. The van der Waals surface area contributed by atoms with E-state index in [1.165, 1.54) is 13.0 Å². The summed E-state index contributed by atoms with van der Waals surface area (Å²) in [6.07, 6.45) is 2.79. The largest absolute Gasteiger partial charge is 0.508 e. The lowest BCUT2D eigenvalue weighted by molar-refractivity contribution is -0.129. The zero-order valence-corrected chi connectivity index (χ0v) is 9.64. The van der Waals surface area contributed by atoms with Crippen molar-refractivity contribution < 1.29 is 14.7 Å². The van der Waals surface area contributed by atoms with E-state index in [9.17, 15) is 14.7 Å². The summed E-state index contributed by atoms with van der Waals surface area (Å²) >= 11 is 0. The van der Waals surface area contributed by atoms with Crippen LogP contribution >= 0.6 is 0 Å². The van der Waals surface area contributed by atoms with Gasteiger partial charge in [-0.3, -0.25) is 9.59 Å². The minimum atomic E-state index is -0.476. The van der Waals surface area contributed by atoms with Crippen molar-refractivity contribution in [3.63, 3.8) is 0 Å². The molecule has 0 amide bonds. The lowest BCUT2D eigenvalue weighted by atomic mass is 9.84. The van der Waals surface area contributed by atoms with E-state index < -0.39 is 5.92 Å². The minimum Gasteiger partial charge on any atom is -0.508 e. The molecule has 17 heavy (non-hydrogen) atoms. The highest BCUT2D eigenvalue weighted by Gasteiger charge is 2.26. The number of rotatable bonds is 2. The average Bonchev–Trinajstić information content (AvgIpc) is 2.28. The van der Waals surface area contributed by atoms with Gasteiger partial charge in [-0.1, -0.05) is 12.1 Å². The van der Waals surface area contributed by atoms with Crippen LogP contribution in [0.1, 0.15) is 25.3 Å². The summed E-state index contributed by atoms with van der Waals surface area (Å²) in [5.74, 6) is -0.482. The number of allylic oxidation sites excluding steroid dienone is 2. The summed E-state index contributed by atoms with van der Waals surface area (Å²) < 4.78 is 0. The maximum Gasteiger partial charge on any atom is 0.166 e. The molecule has 1 atom stereocenters. The summed E-state index contributed by atoms with van der Waals surface area (Å²) in [6, 6.07) is 6.82. The number of benzene rings is 1. The first-order valence-corrected chi connectivity index (χ1v) is 5.62. The Kier molecular flexibility index (Phi) is 3.09. The van der Waals surface area contributed by atoms with E-state index in [-0.39, 0.29) is 17.3 Å². The number of hydrogen-bond donors (Lipinski definition) is 1. The van der Waals surface area contributed by atoms with Crippen molar-refractivity contribution in [3.05, 3.63) is 35.9 Å².